The van der Waals surface area contributed by atoms with Gasteiger partial charge in [0.15, 0.2) is 0 Å². The van der Waals surface area contributed by atoms with E-state index in [9.17, 15) is 0 Å². The normalized spacial score (nSPS) is 29.6. The Morgan fingerprint density at radius 1 is 0.947 bits per heavy atom. The monoisotopic (exact) mass is 258 g/mol. The number of nitrogens with zero attached hydrogens (tertiary/aromatic N) is 1. The predicted octanol–water partition coefficient (Wildman–Crippen LogP) is 2.71. The van der Waals surface area contributed by atoms with Crippen molar-refractivity contribution in [2.45, 2.75) is 43.9 Å². The van der Waals surface area contributed by atoms with E-state index in [2.05, 4.69) is 29.2 Å². The third-order valence-electron chi connectivity index (χ3n) is 5.21. The van der Waals surface area contributed by atoms with Crippen LogP contribution in [0.3, 0.4) is 0 Å². The number of aryl methyl sites for hydroxylation is 1. The fourth-order valence-electron chi connectivity index (χ4n) is 3.76. The molecule has 0 spiro atoms. The smallest absolute Gasteiger partial charge is 0.00102 e. The van der Waals surface area contributed by atoms with E-state index in [0.29, 0.717) is 5.41 Å². The van der Waals surface area contributed by atoms with Crippen LogP contribution in [0.4, 0.5) is 0 Å². The molecule has 0 atom stereocenters. The van der Waals surface area contributed by atoms with Gasteiger partial charge in [-0.25, -0.2) is 0 Å². The SMILES string of the molecule is NCCCCc1ccc(C23CCN(CC2)CC3)cc1. The van der Waals surface area contributed by atoms with Crippen molar-refractivity contribution in [3.63, 3.8) is 0 Å². The summed E-state index contributed by atoms with van der Waals surface area (Å²) < 4.78 is 0. The van der Waals surface area contributed by atoms with Crippen LogP contribution in [0.1, 0.15) is 43.2 Å². The molecule has 1 aromatic rings. The number of hydrogen-bond donors (Lipinski definition) is 1. The number of hydrogen-bond acceptors (Lipinski definition) is 2. The minimum absolute atomic E-state index is 0.505. The fourth-order valence-corrected chi connectivity index (χ4v) is 3.76. The van der Waals surface area contributed by atoms with E-state index >= 15 is 0 Å². The van der Waals surface area contributed by atoms with E-state index in [4.69, 9.17) is 5.73 Å². The maximum atomic E-state index is 5.55. The summed E-state index contributed by atoms with van der Waals surface area (Å²) in [5.41, 5.74) is 9.12. The van der Waals surface area contributed by atoms with Crippen LogP contribution in [0.2, 0.25) is 0 Å². The zero-order valence-electron chi connectivity index (χ0n) is 11.9. The van der Waals surface area contributed by atoms with Crippen molar-refractivity contribution >= 4 is 0 Å². The summed E-state index contributed by atoms with van der Waals surface area (Å²) in [6.45, 7) is 4.73. The van der Waals surface area contributed by atoms with Crippen molar-refractivity contribution in [3.8, 4) is 0 Å². The average Bonchev–Trinajstić information content (AvgIpc) is 2.50. The lowest BCUT2D eigenvalue weighted by molar-refractivity contribution is 0.0818. The third kappa shape index (κ3) is 2.70. The van der Waals surface area contributed by atoms with Gasteiger partial charge in [-0.1, -0.05) is 24.3 Å². The zero-order valence-corrected chi connectivity index (χ0v) is 11.9. The molecule has 3 fully saturated rings. The van der Waals surface area contributed by atoms with Gasteiger partial charge in [-0.3, -0.25) is 0 Å². The average molecular weight is 258 g/mol. The molecule has 2 N–H and O–H groups in total. The highest BCUT2D eigenvalue weighted by Crippen LogP contribution is 2.42. The molecule has 19 heavy (non-hydrogen) atoms. The first-order chi connectivity index (χ1) is 9.32. The van der Waals surface area contributed by atoms with Crippen LogP contribution >= 0.6 is 0 Å². The Bertz CT molecular complexity index is 388. The minimum Gasteiger partial charge on any atom is -0.330 e. The van der Waals surface area contributed by atoms with Gasteiger partial charge in [0, 0.05) is 0 Å². The molecule has 0 aliphatic carbocycles. The van der Waals surface area contributed by atoms with Crippen LogP contribution in [0, 0.1) is 0 Å². The van der Waals surface area contributed by atoms with E-state index < -0.39 is 0 Å². The minimum atomic E-state index is 0.505. The molecule has 3 heterocycles. The quantitative estimate of drug-likeness (QED) is 0.823. The fraction of sp³-hybridized carbons (Fsp3) is 0.647. The molecule has 1 aromatic carbocycles. The molecular weight excluding hydrogens is 232 g/mol. The largest absolute Gasteiger partial charge is 0.330 e. The summed E-state index contributed by atoms with van der Waals surface area (Å²) in [6.07, 6.45) is 7.62. The lowest BCUT2D eigenvalue weighted by atomic mass is 9.67. The molecule has 0 amide bonds. The number of rotatable bonds is 5. The Morgan fingerprint density at radius 2 is 1.58 bits per heavy atom. The van der Waals surface area contributed by atoms with Crippen LogP contribution in [0.15, 0.2) is 24.3 Å². The van der Waals surface area contributed by atoms with Gasteiger partial charge in [-0.05, 0) is 81.2 Å². The second kappa shape index (κ2) is 5.64. The second-order valence-electron chi connectivity index (χ2n) is 6.31. The number of nitrogens with two attached hydrogens (primary N) is 1. The van der Waals surface area contributed by atoms with Gasteiger partial charge in [0.05, 0.1) is 0 Å². The van der Waals surface area contributed by atoms with Gasteiger partial charge in [-0.15, -0.1) is 0 Å². The summed E-state index contributed by atoms with van der Waals surface area (Å²) >= 11 is 0. The first kappa shape index (κ1) is 13.1. The molecule has 3 aliphatic heterocycles. The summed E-state index contributed by atoms with van der Waals surface area (Å²) in [6, 6.07) is 9.50. The molecule has 0 aromatic heterocycles. The van der Waals surface area contributed by atoms with Gasteiger partial charge >= 0.3 is 0 Å². The molecule has 0 unspecified atom stereocenters. The standard InChI is InChI=1S/C17H26N2/c18-11-2-1-3-15-4-6-16(7-5-15)17-8-12-19(13-9-17)14-10-17/h4-7H,1-3,8-14,18H2. The van der Waals surface area contributed by atoms with Crippen LogP contribution in [0.25, 0.3) is 0 Å². The predicted molar refractivity (Wildman–Crippen MR) is 80.4 cm³/mol. The number of fused-ring (bicyclic) bond motifs is 3. The van der Waals surface area contributed by atoms with Crippen molar-refractivity contribution in [1.82, 2.24) is 4.90 Å². The zero-order chi connectivity index (χ0) is 13.1. The highest BCUT2D eigenvalue weighted by Gasteiger charge is 2.40. The Kier molecular flexibility index (Phi) is 3.90. The molecule has 2 nitrogen and oxygen atoms in total. The maximum Gasteiger partial charge on any atom is -0.00102 e. The first-order valence-corrected chi connectivity index (χ1v) is 7.84. The summed E-state index contributed by atoms with van der Waals surface area (Å²) in [5, 5.41) is 0. The molecule has 3 aliphatic rings. The molecule has 2 heteroatoms. The van der Waals surface area contributed by atoms with Gasteiger partial charge in [0.2, 0.25) is 0 Å². The summed E-state index contributed by atoms with van der Waals surface area (Å²) in [4.78, 5) is 2.61. The lowest BCUT2D eigenvalue weighted by Crippen LogP contribution is -2.50. The lowest BCUT2D eigenvalue weighted by Gasteiger charge is -2.49. The van der Waals surface area contributed by atoms with E-state index in [1.54, 1.807) is 5.56 Å². The summed E-state index contributed by atoms with van der Waals surface area (Å²) in [7, 11) is 0. The van der Waals surface area contributed by atoms with Crippen molar-refractivity contribution in [1.29, 1.82) is 0 Å². The Morgan fingerprint density at radius 3 is 2.16 bits per heavy atom. The van der Waals surface area contributed by atoms with E-state index in [1.165, 1.54) is 57.3 Å². The van der Waals surface area contributed by atoms with Crippen molar-refractivity contribution in [2.75, 3.05) is 26.2 Å². The van der Waals surface area contributed by atoms with Crippen molar-refractivity contribution in [2.24, 2.45) is 5.73 Å². The highest BCUT2D eigenvalue weighted by molar-refractivity contribution is 5.31. The van der Waals surface area contributed by atoms with E-state index in [-0.39, 0.29) is 0 Å². The molecule has 104 valence electrons. The van der Waals surface area contributed by atoms with E-state index in [0.717, 1.165) is 13.0 Å². The molecule has 4 rings (SSSR count). The van der Waals surface area contributed by atoms with Crippen LogP contribution in [-0.2, 0) is 11.8 Å². The molecule has 3 saturated heterocycles. The van der Waals surface area contributed by atoms with Crippen molar-refractivity contribution in [3.05, 3.63) is 35.4 Å². The Hall–Kier alpha value is -0.860. The van der Waals surface area contributed by atoms with E-state index in [1.807, 2.05) is 0 Å². The maximum absolute atomic E-state index is 5.55. The molecule has 0 radical (unpaired) electrons. The topological polar surface area (TPSA) is 29.3 Å². The second-order valence-corrected chi connectivity index (χ2v) is 6.31. The number of unbranched alkanes of at least 4 members (excludes halogenated alkanes) is 1. The first-order valence-electron chi connectivity index (χ1n) is 7.84. The third-order valence-corrected chi connectivity index (χ3v) is 5.21. The van der Waals surface area contributed by atoms with Gasteiger partial charge < -0.3 is 10.6 Å². The molecule has 0 saturated carbocycles. The Labute approximate surface area is 117 Å². The van der Waals surface area contributed by atoms with Crippen LogP contribution in [0.5, 0.6) is 0 Å². The van der Waals surface area contributed by atoms with Crippen molar-refractivity contribution < 1.29 is 0 Å². The molecule has 2 bridgehead atoms. The van der Waals surface area contributed by atoms with Crippen LogP contribution in [-0.4, -0.2) is 31.1 Å². The summed E-state index contributed by atoms with van der Waals surface area (Å²) in [5.74, 6) is 0. The highest BCUT2D eigenvalue weighted by atomic mass is 15.1. The van der Waals surface area contributed by atoms with Gasteiger partial charge in [0.1, 0.15) is 0 Å². The van der Waals surface area contributed by atoms with Gasteiger partial charge in [0.25, 0.3) is 0 Å². The Balaban J connectivity index is 1.68. The number of piperidine rings is 3. The van der Waals surface area contributed by atoms with Crippen LogP contribution < -0.4 is 5.73 Å². The van der Waals surface area contributed by atoms with Gasteiger partial charge in [-0.2, -0.15) is 0 Å². The number of benzene rings is 1. The molecular formula is C17H26N2.